The predicted octanol–water partition coefficient (Wildman–Crippen LogP) is 1.16. The third-order valence-corrected chi connectivity index (χ3v) is 3.01. The van der Waals surface area contributed by atoms with Gasteiger partial charge in [-0.2, -0.15) is 5.10 Å². The SMILES string of the molecule is Cc1nn(Cc2ccc(C(=O)[O-])o2)c(C)c1Cl. The summed E-state index contributed by atoms with van der Waals surface area (Å²) in [5, 5.41) is 15.4. The molecule has 0 amide bonds. The standard InChI is InChI=1S/C11H11ClN2O3/c1-6-10(12)7(2)14(13-6)5-8-3-4-9(17-8)11(15)16/h3-4H,5H2,1-2H3,(H,15,16)/p-1. The van der Waals surface area contributed by atoms with E-state index < -0.39 is 5.97 Å². The van der Waals surface area contributed by atoms with Gasteiger partial charge in [0, 0.05) is 0 Å². The van der Waals surface area contributed by atoms with Crippen LogP contribution in [0.1, 0.15) is 27.7 Å². The van der Waals surface area contributed by atoms with Crippen LogP contribution in [-0.2, 0) is 6.54 Å². The summed E-state index contributed by atoms with van der Waals surface area (Å²) in [6.45, 7) is 3.98. The number of halogens is 1. The zero-order valence-corrected chi connectivity index (χ0v) is 10.1. The van der Waals surface area contributed by atoms with E-state index in [0.29, 0.717) is 17.3 Å². The summed E-state index contributed by atoms with van der Waals surface area (Å²) in [5.41, 5.74) is 1.55. The molecule has 2 rings (SSSR count). The average Bonchev–Trinajstić information content (AvgIpc) is 2.82. The molecule has 0 bridgehead atoms. The molecule has 17 heavy (non-hydrogen) atoms. The van der Waals surface area contributed by atoms with Crippen molar-refractivity contribution in [3.63, 3.8) is 0 Å². The van der Waals surface area contributed by atoms with E-state index in [9.17, 15) is 9.90 Å². The predicted molar refractivity (Wildman–Crippen MR) is 58.9 cm³/mol. The molecule has 0 aromatic carbocycles. The highest BCUT2D eigenvalue weighted by Gasteiger charge is 2.11. The van der Waals surface area contributed by atoms with Gasteiger partial charge in [-0.3, -0.25) is 4.68 Å². The number of carboxylic acids is 1. The fourth-order valence-electron chi connectivity index (χ4n) is 1.55. The van der Waals surface area contributed by atoms with Crippen LogP contribution in [0.25, 0.3) is 0 Å². The summed E-state index contributed by atoms with van der Waals surface area (Å²) >= 11 is 6.00. The molecule has 0 unspecified atom stereocenters. The Kier molecular flexibility index (Phi) is 2.93. The Morgan fingerprint density at radius 2 is 2.24 bits per heavy atom. The minimum Gasteiger partial charge on any atom is -0.542 e. The van der Waals surface area contributed by atoms with Crippen LogP contribution in [0.2, 0.25) is 5.02 Å². The number of hydrogen-bond acceptors (Lipinski definition) is 4. The molecule has 2 heterocycles. The molecule has 0 atom stereocenters. The van der Waals surface area contributed by atoms with Gasteiger partial charge in [-0.05, 0) is 26.0 Å². The first kappa shape index (κ1) is 11.7. The van der Waals surface area contributed by atoms with Gasteiger partial charge in [0.1, 0.15) is 17.5 Å². The lowest BCUT2D eigenvalue weighted by Crippen LogP contribution is -2.21. The maximum atomic E-state index is 10.5. The van der Waals surface area contributed by atoms with E-state index in [-0.39, 0.29) is 5.76 Å². The van der Waals surface area contributed by atoms with Gasteiger partial charge in [0.05, 0.1) is 23.0 Å². The molecule has 0 spiro atoms. The topological polar surface area (TPSA) is 71.1 Å². The average molecular weight is 254 g/mol. The second-order valence-electron chi connectivity index (χ2n) is 3.70. The van der Waals surface area contributed by atoms with Crippen molar-refractivity contribution in [2.24, 2.45) is 0 Å². The molecule has 0 aliphatic carbocycles. The maximum absolute atomic E-state index is 10.5. The zero-order valence-electron chi connectivity index (χ0n) is 9.36. The van der Waals surface area contributed by atoms with E-state index in [1.165, 1.54) is 6.07 Å². The Hall–Kier alpha value is -1.75. The number of hydrogen-bond donors (Lipinski definition) is 0. The van der Waals surface area contributed by atoms with Crippen molar-refractivity contribution in [2.45, 2.75) is 20.4 Å². The number of aromatic carboxylic acids is 1. The number of rotatable bonds is 3. The van der Waals surface area contributed by atoms with Crippen molar-refractivity contribution in [3.05, 3.63) is 40.1 Å². The minimum atomic E-state index is -1.33. The lowest BCUT2D eigenvalue weighted by molar-refractivity contribution is -0.257. The minimum absolute atomic E-state index is 0.187. The highest BCUT2D eigenvalue weighted by atomic mass is 35.5. The van der Waals surface area contributed by atoms with Gasteiger partial charge in [0.25, 0.3) is 0 Å². The molecule has 0 aliphatic heterocycles. The summed E-state index contributed by atoms with van der Waals surface area (Å²) in [5.74, 6) is -1.03. The number of furan rings is 1. The molecule has 90 valence electrons. The molecular formula is C11H10ClN2O3-. The Balaban J connectivity index is 2.25. The Morgan fingerprint density at radius 3 is 2.71 bits per heavy atom. The van der Waals surface area contributed by atoms with Gasteiger partial charge in [-0.1, -0.05) is 11.6 Å². The lowest BCUT2D eigenvalue weighted by Gasteiger charge is -2.01. The van der Waals surface area contributed by atoms with Crippen LogP contribution >= 0.6 is 11.6 Å². The second-order valence-corrected chi connectivity index (χ2v) is 4.07. The molecular weight excluding hydrogens is 244 g/mol. The smallest absolute Gasteiger partial charge is 0.149 e. The quantitative estimate of drug-likeness (QED) is 0.823. The second kappa shape index (κ2) is 4.25. The number of aryl methyl sites for hydroxylation is 1. The normalized spacial score (nSPS) is 10.8. The van der Waals surface area contributed by atoms with Crippen LogP contribution in [0.3, 0.4) is 0 Å². The van der Waals surface area contributed by atoms with E-state index in [1.807, 2.05) is 6.92 Å². The molecule has 0 saturated carbocycles. The van der Waals surface area contributed by atoms with Gasteiger partial charge < -0.3 is 14.3 Å². The van der Waals surface area contributed by atoms with Crippen LogP contribution in [-0.4, -0.2) is 15.7 Å². The van der Waals surface area contributed by atoms with Crippen molar-refractivity contribution < 1.29 is 14.3 Å². The molecule has 0 aliphatic rings. The first-order valence-electron chi connectivity index (χ1n) is 4.98. The number of nitrogens with zero attached hydrogens (tertiary/aromatic N) is 2. The largest absolute Gasteiger partial charge is 0.542 e. The lowest BCUT2D eigenvalue weighted by atomic mass is 10.4. The van der Waals surface area contributed by atoms with Crippen LogP contribution in [0.4, 0.5) is 0 Å². The summed E-state index contributed by atoms with van der Waals surface area (Å²) in [6.07, 6.45) is 0. The fraction of sp³-hybridized carbons (Fsp3) is 0.273. The van der Waals surface area contributed by atoms with Gasteiger partial charge in [0.15, 0.2) is 0 Å². The van der Waals surface area contributed by atoms with Gasteiger partial charge in [-0.15, -0.1) is 0 Å². The Labute approximate surface area is 103 Å². The molecule has 0 radical (unpaired) electrons. The van der Waals surface area contributed by atoms with Crippen molar-refractivity contribution in [1.29, 1.82) is 0 Å². The van der Waals surface area contributed by atoms with Crippen molar-refractivity contribution in [1.82, 2.24) is 9.78 Å². The first-order valence-corrected chi connectivity index (χ1v) is 5.36. The van der Waals surface area contributed by atoms with E-state index in [0.717, 1.165) is 11.4 Å². The maximum Gasteiger partial charge on any atom is 0.149 e. The number of aromatic nitrogens is 2. The number of carboxylic acid groups (broad SMARTS) is 1. The number of carbonyl (C=O) groups excluding carboxylic acids is 1. The van der Waals surface area contributed by atoms with E-state index in [2.05, 4.69) is 5.10 Å². The molecule has 5 nitrogen and oxygen atoms in total. The van der Waals surface area contributed by atoms with Crippen LogP contribution in [0.5, 0.6) is 0 Å². The highest BCUT2D eigenvalue weighted by molar-refractivity contribution is 6.31. The summed E-state index contributed by atoms with van der Waals surface area (Å²) < 4.78 is 6.75. The molecule has 2 aromatic heterocycles. The molecule has 0 N–H and O–H groups in total. The Morgan fingerprint density at radius 1 is 1.53 bits per heavy atom. The summed E-state index contributed by atoms with van der Waals surface area (Å²) in [7, 11) is 0. The monoisotopic (exact) mass is 253 g/mol. The zero-order chi connectivity index (χ0) is 12.6. The van der Waals surface area contributed by atoms with Gasteiger partial charge in [0.2, 0.25) is 0 Å². The summed E-state index contributed by atoms with van der Waals surface area (Å²) in [4.78, 5) is 10.5. The third kappa shape index (κ3) is 2.19. The molecule has 6 heteroatoms. The van der Waals surface area contributed by atoms with Gasteiger partial charge in [-0.25, -0.2) is 0 Å². The van der Waals surface area contributed by atoms with Crippen molar-refractivity contribution >= 4 is 17.6 Å². The fourth-order valence-corrected chi connectivity index (χ4v) is 1.68. The van der Waals surface area contributed by atoms with Crippen molar-refractivity contribution in [2.75, 3.05) is 0 Å². The van der Waals surface area contributed by atoms with Crippen molar-refractivity contribution in [3.8, 4) is 0 Å². The first-order chi connectivity index (χ1) is 7.99. The van der Waals surface area contributed by atoms with Crippen LogP contribution in [0.15, 0.2) is 16.5 Å². The molecule has 0 saturated heterocycles. The van der Waals surface area contributed by atoms with Gasteiger partial charge >= 0.3 is 0 Å². The molecule has 2 aromatic rings. The molecule has 0 fully saturated rings. The third-order valence-electron chi connectivity index (χ3n) is 2.46. The summed E-state index contributed by atoms with van der Waals surface area (Å²) in [6, 6.07) is 2.94. The van der Waals surface area contributed by atoms with Crippen LogP contribution < -0.4 is 5.11 Å². The van der Waals surface area contributed by atoms with E-state index in [4.69, 9.17) is 16.0 Å². The Bertz CT molecular complexity index is 571. The van der Waals surface area contributed by atoms with E-state index in [1.54, 1.807) is 17.7 Å². The van der Waals surface area contributed by atoms with E-state index >= 15 is 0 Å². The number of carbonyl (C=O) groups is 1. The highest BCUT2D eigenvalue weighted by Crippen LogP contribution is 2.20. The van der Waals surface area contributed by atoms with Crippen LogP contribution in [0, 0.1) is 13.8 Å².